The number of unbranched alkanes of at least 4 members (excludes halogenated alkanes) is 3. The van der Waals surface area contributed by atoms with Crippen molar-refractivity contribution in [2.45, 2.75) is 70.1 Å². The van der Waals surface area contributed by atoms with E-state index in [1.54, 1.807) is 6.92 Å². The maximum absolute atomic E-state index is 12.1. The van der Waals surface area contributed by atoms with Crippen molar-refractivity contribution in [1.29, 1.82) is 0 Å². The van der Waals surface area contributed by atoms with Crippen LogP contribution in [0, 0.1) is 5.92 Å². The van der Waals surface area contributed by atoms with E-state index >= 15 is 0 Å². The Bertz CT molecular complexity index is 338. The summed E-state index contributed by atoms with van der Waals surface area (Å²) in [6.45, 7) is 3.77. The zero-order valence-corrected chi connectivity index (χ0v) is 13.3. The molecule has 0 aromatic rings. The van der Waals surface area contributed by atoms with E-state index in [-0.39, 0.29) is 5.91 Å². The van der Waals surface area contributed by atoms with E-state index in [4.69, 9.17) is 9.84 Å². The predicted octanol–water partition coefficient (Wildman–Crippen LogP) is -0.839. The van der Waals surface area contributed by atoms with E-state index < -0.39 is 43.0 Å². The van der Waals surface area contributed by atoms with Gasteiger partial charge in [0.2, 0.25) is 5.91 Å². The molecule has 0 radical (unpaired) electrons. The van der Waals surface area contributed by atoms with Gasteiger partial charge in [-0.15, -0.1) is 0 Å². The van der Waals surface area contributed by atoms with Crippen molar-refractivity contribution in [3.05, 3.63) is 0 Å². The summed E-state index contributed by atoms with van der Waals surface area (Å²) in [5, 5.41) is 41.4. The van der Waals surface area contributed by atoms with Crippen molar-refractivity contribution in [3.8, 4) is 0 Å². The predicted molar refractivity (Wildman–Crippen MR) is 80.1 cm³/mol. The molecule has 22 heavy (non-hydrogen) atoms. The molecule has 0 aromatic carbocycles. The Morgan fingerprint density at radius 3 is 2.41 bits per heavy atom. The lowest BCUT2D eigenvalue weighted by molar-refractivity contribution is -0.238. The van der Waals surface area contributed by atoms with Crippen LogP contribution in [0.2, 0.25) is 0 Å². The van der Waals surface area contributed by atoms with Crippen LogP contribution in [0.3, 0.4) is 0 Å². The van der Waals surface area contributed by atoms with Crippen molar-refractivity contribution in [3.63, 3.8) is 0 Å². The summed E-state index contributed by atoms with van der Waals surface area (Å²) in [5.74, 6) is -0.974. The molecule has 1 rings (SSSR count). The van der Waals surface area contributed by atoms with Gasteiger partial charge in [-0.1, -0.05) is 33.1 Å². The Morgan fingerprint density at radius 2 is 1.82 bits per heavy atom. The maximum Gasteiger partial charge on any atom is 0.225 e. The van der Waals surface area contributed by atoms with Crippen LogP contribution in [0.25, 0.3) is 0 Å². The van der Waals surface area contributed by atoms with Crippen LogP contribution in [-0.2, 0) is 9.53 Å². The first-order valence-corrected chi connectivity index (χ1v) is 8.02. The summed E-state index contributed by atoms with van der Waals surface area (Å²) in [4.78, 5) is 12.1. The van der Waals surface area contributed by atoms with Crippen molar-refractivity contribution < 1.29 is 30.0 Å². The third-order valence-corrected chi connectivity index (χ3v) is 4.17. The molecular formula is C15H29NO6. The van der Waals surface area contributed by atoms with Crippen molar-refractivity contribution in [1.82, 2.24) is 5.32 Å². The smallest absolute Gasteiger partial charge is 0.225 e. The van der Waals surface area contributed by atoms with Gasteiger partial charge in [-0.25, -0.2) is 0 Å². The standard InChI is InChI=1S/C15H29NO6/c1-3-4-5-6-7-16-15(21)9(2)14-13(20)12(19)11(18)10(8-17)22-14/h9-14,17-20H,3-8H2,1-2H3,(H,16,21)/t9?,10-,11+,12+,13-,14?/m1/s1. The number of amides is 1. The SMILES string of the molecule is CCCCCCNC(=O)C(C)C1O[C@H](CO)[C@H](O)[C@H](O)[C@H]1O. The van der Waals surface area contributed by atoms with Gasteiger partial charge in [0.1, 0.15) is 24.4 Å². The lowest BCUT2D eigenvalue weighted by Crippen LogP contribution is -2.61. The normalized spacial score (nSPS) is 33.5. The monoisotopic (exact) mass is 319 g/mol. The molecule has 7 heteroatoms. The Labute approximate surface area is 131 Å². The molecule has 6 atom stereocenters. The summed E-state index contributed by atoms with van der Waals surface area (Å²) >= 11 is 0. The highest BCUT2D eigenvalue weighted by atomic mass is 16.5. The summed E-state index contributed by atoms with van der Waals surface area (Å²) in [6.07, 6.45) is -2.00. The highest BCUT2D eigenvalue weighted by molar-refractivity contribution is 5.79. The highest BCUT2D eigenvalue weighted by Crippen LogP contribution is 2.26. The minimum absolute atomic E-state index is 0.277. The van der Waals surface area contributed by atoms with Crippen LogP contribution in [0.15, 0.2) is 0 Å². The molecule has 1 aliphatic rings. The summed E-state index contributed by atoms with van der Waals surface area (Å²) in [7, 11) is 0. The van der Waals surface area contributed by atoms with Gasteiger partial charge in [0.15, 0.2) is 0 Å². The van der Waals surface area contributed by atoms with Gasteiger partial charge in [0.05, 0.1) is 18.6 Å². The Kier molecular flexibility index (Phi) is 8.27. The molecule has 0 bridgehead atoms. The maximum atomic E-state index is 12.1. The Morgan fingerprint density at radius 1 is 1.14 bits per heavy atom. The number of ether oxygens (including phenoxy) is 1. The van der Waals surface area contributed by atoms with Gasteiger partial charge in [-0.2, -0.15) is 0 Å². The van der Waals surface area contributed by atoms with Crippen molar-refractivity contribution in [2.24, 2.45) is 5.92 Å². The molecular weight excluding hydrogens is 290 g/mol. The number of rotatable bonds is 8. The van der Waals surface area contributed by atoms with Crippen LogP contribution < -0.4 is 5.32 Å². The van der Waals surface area contributed by atoms with Gasteiger partial charge >= 0.3 is 0 Å². The fourth-order valence-corrected chi connectivity index (χ4v) is 2.62. The van der Waals surface area contributed by atoms with Gasteiger partial charge in [0, 0.05) is 6.54 Å². The summed E-state index contributed by atoms with van der Waals surface area (Å²) < 4.78 is 5.39. The number of carbonyl (C=O) groups excluding carboxylic acids is 1. The molecule has 5 N–H and O–H groups in total. The number of aliphatic hydroxyl groups excluding tert-OH is 4. The topological polar surface area (TPSA) is 119 Å². The molecule has 0 aromatic heterocycles. The van der Waals surface area contributed by atoms with Gasteiger partial charge in [-0.05, 0) is 6.42 Å². The third kappa shape index (κ3) is 4.89. The van der Waals surface area contributed by atoms with Gasteiger partial charge < -0.3 is 30.5 Å². The zero-order valence-electron chi connectivity index (χ0n) is 13.3. The molecule has 0 saturated carbocycles. The summed E-state index contributed by atoms with van der Waals surface area (Å²) in [6, 6.07) is 0. The van der Waals surface area contributed by atoms with Crippen molar-refractivity contribution in [2.75, 3.05) is 13.2 Å². The van der Waals surface area contributed by atoms with E-state index in [1.165, 1.54) is 0 Å². The van der Waals surface area contributed by atoms with E-state index in [9.17, 15) is 20.1 Å². The lowest BCUT2D eigenvalue weighted by atomic mass is 9.88. The quantitative estimate of drug-likeness (QED) is 0.372. The minimum atomic E-state index is -1.45. The highest BCUT2D eigenvalue weighted by Gasteiger charge is 2.46. The second-order valence-electron chi connectivity index (χ2n) is 5.93. The van der Waals surface area contributed by atoms with E-state index in [1.807, 2.05) is 0 Å². The zero-order chi connectivity index (χ0) is 16.7. The summed E-state index contributed by atoms with van der Waals surface area (Å²) in [5.41, 5.74) is 0. The molecule has 1 heterocycles. The molecule has 2 unspecified atom stereocenters. The van der Waals surface area contributed by atoms with Crippen LogP contribution >= 0.6 is 0 Å². The molecule has 1 amide bonds. The molecule has 1 saturated heterocycles. The minimum Gasteiger partial charge on any atom is -0.394 e. The first kappa shape index (κ1) is 19.3. The molecule has 130 valence electrons. The molecule has 0 aliphatic carbocycles. The number of hydrogen-bond donors (Lipinski definition) is 5. The fourth-order valence-electron chi connectivity index (χ4n) is 2.62. The average molecular weight is 319 g/mol. The van der Waals surface area contributed by atoms with Crippen LogP contribution in [0.5, 0.6) is 0 Å². The lowest BCUT2D eigenvalue weighted by Gasteiger charge is -2.41. The first-order chi connectivity index (χ1) is 10.4. The average Bonchev–Trinajstić information content (AvgIpc) is 2.52. The van der Waals surface area contributed by atoms with Gasteiger partial charge in [0.25, 0.3) is 0 Å². The number of carbonyl (C=O) groups is 1. The van der Waals surface area contributed by atoms with Crippen LogP contribution in [0.4, 0.5) is 0 Å². The molecule has 0 spiro atoms. The number of hydrogen-bond acceptors (Lipinski definition) is 6. The second kappa shape index (κ2) is 9.42. The van der Waals surface area contributed by atoms with Gasteiger partial charge in [-0.3, -0.25) is 4.79 Å². The molecule has 1 aliphatic heterocycles. The van der Waals surface area contributed by atoms with Crippen LogP contribution in [0.1, 0.15) is 39.5 Å². The Balaban J connectivity index is 2.51. The first-order valence-electron chi connectivity index (χ1n) is 8.02. The van der Waals surface area contributed by atoms with Crippen molar-refractivity contribution >= 4 is 5.91 Å². The largest absolute Gasteiger partial charge is 0.394 e. The third-order valence-electron chi connectivity index (χ3n) is 4.17. The molecule has 1 fully saturated rings. The van der Waals surface area contributed by atoms with E-state index in [0.29, 0.717) is 6.54 Å². The number of nitrogens with one attached hydrogen (secondary N) is 1. The second-order valence-corrected chi connectivity index (χ2v) is 5.93. The molecule has 7 nitrogen and oxygen atoms in total. The van der Waals surface area contributed by atoms with Crippen LogP contribution in [-0.4, -0.2) is 70.0 Å². The van der Waals surface area contributed by atoms with E-state index in [0.717, 1.165) is 25.7 Å². The fraction of sp³-hybridized carbons (Fsp3) is 0.933. The van der Waals surface area contributed by atoms with E-state index in [2.05, 4.69) is 12.2 Å². The Hall–Kier alpha value is -0.730. The number of aliphatic hydroxyl groups is 4.